The average Bonchev–Trinajstić information content (AvgIpc) is 2.61. The zero-order chi connectivity index (χ0) is 18.5. The summed E-state index contributed by atoms with van der Waals surface area (Å²) >= 11 is 3.35. The number of hydrogen-bond acceptors (Lipinski definition) is 5. The molecule has 6 nitrogen and oxygen atoms in total. The second kappa shape index (κ2) is 8.44. The highest BCUT2D eigenvalue weighted by atomic mass is 79.9. The number of benzene rings is 1. The van der Waals surface area contributed by atoms with Crippen LogP contribution in [0, 0.1) is 5.82 Å². The van der Waals surface area contributed by atoms with Gasteiger partial charge in [0, 0.05) is 12.6 Å². The van der Waals surface area contributed by atoms with Crippen molar-refractivity contribution in [2.75, 3.05) is 24.5 Å². The number of unbranched alkanes of at least 4 members (excludes halogenated alkanes) is 1. The molecule has 1 saturated heterocycles. The van der Waals surface area contributed by atoms with Crippen LogP contribution in [0.25, 0.3) is 0 Å². The molecule has 2 heterocycles. The standard InChI is InChI=1S/C18H20BrFN4O2/c1-2-3-6-21-18(25)15-8-23-17(9-22-15)24-10-13(11-24)26-16-7-12(20)4-5-14(16)19/h4-5,7-9,13H,2-3,6,10-11H2,1H3,(H,21,25). The topological polar surface area (TPSA) is 67.4 Å². The Kier molecular flexibility index (Phi) is 6.03. The lowest BCUT2D eigenvalue weighted by Crippen LogP contribution is -2.54. The van der Waals surface area contributed by atoms with E-state index in [4.69, 9.17) is 4.74 Å². The van der Waals surface area contributed by atoms with Crippen molar-refractivity contribution in [2.45, 2.75) is 25.9 Å². The lowest BCUT2D eigenvalue weighted by Gasteiger charge is -2.39. The number of anilines is 1. The smallest absolute Gasteiger partial charge is 0.271 e. The minimum atomic E-state index is -0.335. The van der Waals surface area contributed by atoms with Crippen molar-refractivity contribution in [3.05, 3.63) is 46.6 Å². The van der Waals surface area contributed by atoms with Crippen LogP contribution in [0.1, 0.15) is 30.3 Å². The fourth-order valence-corrected chi connectivity index (χ4v) is 2.86. The number of amides is 1. The van der Waals surface area contributed by atoms with Gasteiger partial charge in [-0.15, -0.1) is 0 Å². The van der Waals surface area contributed by atoms with Crippen molar-refractivity contribution >= 4 is 27.7 Å². The fraction of sp³-hybridized carbons (Fsp3) is 0.389. The molecule has 0 atom stereocenters. The van der Waals surface area contributed by atoms with Crippen molar-refractivity contribution < 1.29 is 13.9 Å². The van der Waals surface area contributed by atoms with E-state index in [1.165, 1.54) is 18.3 Å². The van der Waals surface area contributed by atoms with E-state index in [-0.39, 0.29) is 17.8 Å². The van der Waals surface area contributed by atoms with Gasteiger partial charge in [0.2, 0.25) is 0 Å². The normalized spacial score (nSPS) is 14.0. The molecule has 1 aliphatic heterocycles. The second-order valence-electron chi connectivity index (χ2n) is 6.09. The Morgan fingerprint density at radius 3 is 2.88 bits per heavy atom. The minimum Gasteiger partial charge on any atom is -0.485 e. The van der Waals surface area contributed by atoms with Gasteiger partial charge in [0.25, 0.3) is 5.91 Å². The van der Waals surface area contributed by atoms with Crippen molar-refractivity contribution in [2.24, 2.45) is 0 Å². The van der Waals surface area contributed by atoms with E-state index in [1.807, 2.05) is 4.90 Å². The maximum absolute atomic E-state index is 13.3. The number of nitrogens with one attached hydrogen (secondary N) is 1. The number of carbonyl (C=O) groups excluding carboxylic acids is 1. The zero-order valence-corrected chi connectivity index (χ0v) is 16.0. The van der Waals surface area contributed by atoms with E-state index >= 15 is 0 Å². The molecule has 2 aromatic rings. The van der Waals surface area contributed by atoms with Crippen molar-refractivity contribution in [3.8, 4) is 5.75 Å². The predicted octanol–water partition coefficient (Wildman–Crippen LogP) is 3.18. The first-order chi connectivity index (χ1) is 12.6. The first-order valence-electron chi connectivity index (χ1n) is 8.53. The van der Waals surface area contributed by atoms with Crippen molar-refractivity contribution in [3.63, 3.8) is 0 Å². The molecule has 1 fully saturated rings. The number of rotatable bonds is 7. The molecule has 0 saturated carbocycles. The fourth-order valence-electron chi connectivity index (χ4n) is 2.52. The molecule has 3 rings (SSSR count). The molecular weight excluding hydrogens is 403 g/mol. The summed E-state index contributed by atoms with van der Waals surface area (Å²) in [5.74, 6) is 0.629. The maximum atomic E-state index is 13.3. The van der Waals surface area contributed by atoms with Gasteiger partial charge in [-0.05, 0) is 34.5 Å². The molecule has 138 valence electrons. The molecule has 0 spiro atoms. The van der Waals surface area contributed by atoms with E-state index < -0.39 is 0 Å². The van der Waals surface area contributed by atoms with Gasteiger partial charge in [-0.2, -0.15) is 0 Å². The highest BCUT2D eigenvalue weighted by Gasteiger charge is 2.30. The molecule has 1 aromatic carbocycles. The summed E-state index contributed by atoms with van der Waals surface area (Å²) in [7, 11) is 0. The summed E-state index contributed by atoms with van der Waals surface area (Å²) in [6.07, 6.45) is 4.98. The first kappa shape index (κ1) is 18.6. The van der Waals surface area contributed by atoms with Gasteiger partial charge in [0.15, 0.2) is 0 Å². The summed E-state index contributed by atoms with van der Waals surface area (Å²) in [4.78, 5) is 22.4. The predicted molar refractivity (Wildman–Crippen MR) is 100 cm³/mol. The van der Waals surface area contributed by atoms with Crippen LogP contribution < -0.4 is 15.0 Å². The Hall–Kier alpha value is -2.22. The first-order valence-corrected chi connectivity index (χ1v) is 9.33. The van der Waals surface area contributed by atoms with Crippen LogP contribution in [-0.2, 0) is 0 Å². The summed E-state index contributed by atoms with van der Waals surface area (Å²) in [6, 6.07) is 4.36. The van der Waals surface area contributed by atoms with Crippen LogP contribution in [0.15, 0.2) is 35.1 Å². The molecular formula is C18H20BrFN4O2. The van der Waals surface area contributed by atoms with E-state index in [1.54, 1.807) is 12.3 Å². The zero-order valence-electron chi connectivity index (χ0n) is 14.4. The van der Waals surface area contributed by atoms with Crippen LogP contribution in [0.3, 0.4) is 0 Å². The van der Waals surface area contributed by atoms with Gasteiger partial charge < -0.3 is 15.0 Å². The summed E-state index contributed by atoms with van der Waals surface area (Å²) < 4.78 is 19.8. The second-order valence-corrected chi connectivity index (χ2v) is 6.94. The number of hydrogen-bond donors (Lipinski definition) is 1. The lowest BCUT2D eigenvalue weighted by molar-refractivity contribution is 0.0947. The average molecular weight is 423 g/mol. The molecule has 1 N–H and O–H groups in total. The van der Waals surface area contributed by atoms with E-state index in [2.05, 4.69) is 38.1 Å². The maximum Gasteiger partial charge on any atom is 0.271 e. The molecule has 26 heavy (non-hydrogen) atoms. The number of nitrogens with zero attached hydrogens (tertiary/aromatic N) is 3. The number of halogens is 2. The van der Waals surface area contributed by atoms with E-state index in [0.717, 1.165) is 17.3 Å². The summed E-state index contributed by atoms with van der Waals surface area (Å²) in [5.41, 5.74) is 0.307. The van der Waals surface area contributed by atoms with Crippen LogP contribution in [-0.4, -0.2) is 41.6 Å². The number of carbonyl (C=O) groups is 1. The molecule has 0 bridgehead atoms. The molecule has 0 aliphatic carbocycles. The largest absolute Gasteiger partial charge is 0.485 e. The van der Waals surface area contributed by atoms with Gasteiger partial charge in [-0.1, -0.05) is 13.3 Å². The third-order valence-corrected chi connectivity index (χ3v) is 4.70. The molecule has 8 heteroatoms. The lowest BCUT2D eigenvalue weighted by atomic mass is 10.1. The van der Waals surface area contributed by atoms with Crippen molar-refractivity contribution in [1.29, 1.82) is 0 Å². The number of ether oxygens (including phenoxy) is 1. The Labute approximate surface area is 159 Å². The van der Waals surface area contributed by atoms with Gasteiger partial charge >= 0.3 is 0 Å². The van der Waals surface area contributed by atoms with Crippen LogP contribution >= 0.6 is 15.9 Å². The third-order valence-electron chi connectivity index (χ3n) is 4.05. The molecule has 1 aromatic heterocycles. The number of aromatic nitrogens is 2. The van der Waals surface area contributed by atoms with Gasteiger partial charge in [0.05, 0.1) is 30.0 Å². The van der Waals surface area contributed by atoms with E-state index in [9.17, 15) is 9.18 Å². The third kappa shape index (κ3) is 4.49. The van der Waals surface area contributed by atoms with Crippen LogP contribution in [0.2, 0.25) is 0 Å². The Morgan fingerprint density at radius 2 is 2.19 bits per heavy atom. The van der Waals surface area contributed by atoms with Gasteiger partial charge in [-0.25, -0.2) is 14.4 Å². The van der Waals surface area contributed by atoms with Crippen LogP contribution in [0.5, 0.6) is 5.75 Å². The molecule has 0 radical (unpaired) electrons. The quantitative estimate of drug-likeness (QED) is 0.693. The minimum absolute atomic E-state index is 0.0491. The van der Waals surface area contributed by atoms with Crippen LogP contribution in [0.4, 0.5) is 10.2 Å². The Bertz CT molecular complexity index is 766. The monoisotopic (exact) mass is 422 g/mol. The van der Waals surface area contributed by atoms with Crippen molar-refractivity contribution in [1.82, 2.24) is 15.3 Å². The Morgan fingerprint density at radius 1 is 1.38 bits per heavy atom. The summed E-state index contributed by atoms with van der Waals surface area (Å²) in [5, 5.41) is 2.81. The molecule has 1 amide bonds. The van der Waals surface area contributed by atoms with E-state index in [0.29, 0.717) is 36.9 Å². The Balaban J connectivity index is 1.51. The highest BCUT2D eigenvalue weighted by Crippen LogP contribution is 2.29. The van der Waals surface area contributed by atoms with Gasteiger partial charge in [-0.3, -0.25) is 4.79 Å². The van der Waals surface area contributed by atoms with Gasteiger partial charge in [0.1, 0.15) is 29.2 Å². The molecule has 1 aliphatic rings. The highest BCUT2D eigenvalue weighted by molar-refractivity contribution is 9.10. The SMILES string of the molecule is CCCCNC(=O)c1cnc(N2CC(Oc3cc(F)ccc3Br)C2)cn1. The summed E-state index contributed by atoms with van der Waals surface area (Å²) in [6.45, 7) is 3.96. The molecule has 0 unspecified atom stereocenters.